The van der Waals surface area contributed by atoms with E-state index in [1.165, 1.54) is 0 Å². The molecule has 0 aliphatic carbocycles. The summed E-state index contributed by atoms with van der Waals surface area (Å²) in [7, 11) is 0. The van der Waals surface area contributed by atoms with E-state index in [9.17, 15) is 9.90 Å². The molecule has 23 heavy (non-hydrogen) atoms. The molecule has 0 atom stereocenters. The fourth-order valence-electron chi connectivity index (χ4n) is 2.11. The molecule has 2 rings (SSSR count). The van der Waals surface area contributed by atoms with Crippen LogP contribution in [0.3, 0.4) is 0 Å². The summed E-state index contributed by atoms with van der Waals surface area (Å²) in [5.41, 5.74) is 6.09. The van der Waals surface area contributed by atoms with Gasteiger partial charge in [-0.25, -0.2) is 5.43 Å². The molecule has 1 amide bonds. The minimum Gasteiger partial charge on any atom is -0.508 e. The Morgan fingerprint density at radius 3 is 2.35 bits per heavy atom. The first-order valence-corrected chi connectivity index (χ1v) is 7.27. The highest BCUT2D eigenvalue weighted by Gasteiger charge is 2.04. The van der Waals surface area contributed by atoms with Crippen LogP contribution in [0.4, 0.5) is 0 Å². The SMILES string of the molecule is C/C(=N/NC(=O)COc1cc(C)cc(C)c1)c1ccc(O)cc1. The van der Waals surface area contributed by atoms with E-state index in [4.69, 9.17) is 4.74 Å². The van der Waals surface area contributed by atoms with Crippen molar-refractivity contribution in [2.45, 2.75) is 20.8 Å². The van der Waals surface area contributed by atoms with Gasteiger partial charge in [-0.2, -0.15) is 5.10 Å². The zero-order valence-corrected chi connectivity index (χ0v) is 13.5. The van der Waals surface area contributed by atoms with Gasteiger partial charge in [0.05, 0.1) is 5.71 Å². The number of carbonyl (C=O) groups excluding carboxylic acids is 1. The molecule has 0 spiro atoms. The van der Waals surface area contributed by atoms with Gasteiger partial charge in [0.25, 0.3) is 5.91 Å². The first-order chi connectivity index (χ1) is 10.9. The van der Waals surface area contributed by atoms with Crippen LogP contribution in [0.5, 0.6) is 11.5 Å². The van der Waals surface area contributed by atoms with Crippen molar-refractivity contribution in [1.82, 2.24) is 5.43 Å². The van der Waals surface area contributed by atoms with Crippen LogP contribution in [0, 0.1) is 13.8 Å². The third kappa shape index (κ3) is 5.14. The van der Waals surface area contributed by atoms with Crippen LogP contribution >= 0.6 is 0 Å². The number of carbonyl (C=O) groups is 1. The Kier molecular flexibility index (Phi) is 5.36. The normalized spacial score (nSPS) is 11.2. The van der Waals surface area contributed by atoms with Gasteiger partial charge in [-0.3, -0.25) is 4.79 Å². The topological polar surface area (TPSA) is 70.9 Å². The predicted molar refractivity (Wildman–Crippen MR) is 89.9 cm³/mol. The number of hydrazone groups is 1. The molecule has 0 heterocycles. The van der Waals surface area contributed by atoms with Crippen LogP contribution in [-0.2, 0) is 4.79 Å². The summed E-state index contributed by atoms with van der Waals surface area (Å²) in [6, 6.07) is 12.4. The smallest absolute Gasteiger partial charge is 0.277 e. The second kappa shape index (κ2) is 7.45. The van der Waals surface area contributed by atoms with Gasteiger partial charge in [0.1, 0.15) is 11.5 Å². The number of aryl methyl sites for hydroxylation is 2. The Labute approximate surface area is 135 Å². The average Bonchev–Trinajstić information content (AvgIpc) is 2.50. The molecule has 0 aliphatic rings. The van der Waals surface area contributed by atoms with E-state index < -0.39 is 0 Å². The van der Waals surface area contributed by atoms with E-state index in [-0.39, 0.29) is 18.3 Å². The monoisotopic (exact) mass is 312 g/mol. The number of ether oxygens (including phenoxy) is 1. The van der Waals surface area contributed by atoms with E-state index >= 15 is 0 Å². The second-order valence-electron chi connectivity index (χ2n) is 5.39. The first-order valence-electron chi connectivity index (χ1n) is 7.27. The molecule has 0 saturated carbocycles. The molecular formula is C18H20N2O3. The molecule has 0 aromatic heterocycles. The van der Waals surface area contributed by atoms with E-state index in [0.717, 1.165) is 16.7 Å². The molecule has 0 radical (unpaired) electrons. The van der Waals surface area contributed by atoms with Crippen molar-refractivity contribution in [2.24, 2.45) is 5.10 Å². The van der Waals surface area contributed by atoms with Crippen molar-refractivity contribution < 1.29 is 14.6 Å². The third-order valence-corrected chi connectivity index (χ3v) is 3.20. The highest BCUT2D eigenvalue weighted by atomic mass is 16.5. The molecule has 5 nitrogen and oxygen atoms in total. The fraction of sp³-hybridized carbons (Fsp3) is 0.222. The number of phenols is 1. The quantitative estimate of drug-likeness (QED) is 0.659. The molecular weight excluding hydrogens is 292 g/mol. The molecule has 120 valence electrons. The number of benzene rings is 2. The molecule has 0 bridgehead atoms. The number of aromatic hydroxyl groups is 1. The summed E-state index contributed by atoms with van der Waals surface area (Å²) < 4.78 is 5.47. The Hall–Kier alpha value is -2.82. The largest absolute Gasteiger partial charge is 0.508 e. The molecule has 5 heteroatoms. The van der Waals surface area contributed by atoms with Crippen molar-refractivity contribution in [3.8, 4) is 11.5 Å². The summed E-state index contributed by atoms with van der Waals surface area (Å²) in [5.74, 6) is 0.520. The van der Waals surface area contributed by atoms with Gasteiger partial charge >= 0.3 is 0 Å². The maximum absolute atomic E-state index is 11.8. The Balaban J connectivity index is 1.89. The van der Waals surface area contributed by atoms with Crippen LogP contribution in [-0.4, -0.2) is 23.3 Å². The van der Waals surface area contributed by atoms with Crippen LogP contribution < -0.4 is 10.2 Å². The lowest BCUT2D eigenvalue weighted by atomic mass is 10.1. The maximum Gasteiger partial charge on any atom is 0.277 e. The molecule has 2 aromatic rings. The van der Waals surface area contributed by atoms with Gasteiger partial charge in [0.15, 0.2) is 6.61 Å². The predicted octanol–water partition coefficient (Wildman–Crippen LogP) is 2.93. The Bertz CT molecular complexity index is 701. The van der Waals surface area contributed by atoms with E-state index in [1.54, 1.807) is 31.2 Å². The highest BCUT2D eigenvalue weighted by molar-refractivity contribution is 5.99. The van der Waals surface area contributed by atoms with Gasteiger partial charge in [-0.15, -0.1) is 0 Å². The Morgan fingerprint density at radius 1 is 1.13 bits per heavy atom. The van der Waals surface area contributed by atoms with E-state index in [1.807, 2.05) is 32.0 Å². The number of rotatable bonds is 5. The zero-order valence-electron chi connectivity index (χ0n) is 13.5. The third-order valence-electron chi connectivity index (χ3n) is 3.20. The van der Waals surface area contributed by atoms with Gasteiger partial charge in [-0.05, 0) is 73.9 Å². The first kappa shape index (κ1) is 16.5. The van der Waals surface area contributed by atoms with Crippen molar-refractivity contribution >= 4 is 11.6 Å². The fourth-order valence-corrected chi connectivity index (χ4v) is 2.11. The van der Waals surface area contributed by atoms with Crippen molar-refractivity contribution in [3.05, 3.63) is 59.2 Å². The summed E-state index contributed by atoms with van der Waals surface area (Å²) in [6.07, 6.45) is 0. The van der Waals surface area contributed by atoms with E-state index in [0.29, 0.717) is 11.5 Å². The molecule has 0 saturated heterocycles. The number of amides is 1. The Morgan fingerprint density at radius 2 is 1.74 bits per heavy atom. The summed E-state index contributed by atoms with van der Waals surface area (Å²) in [4.78, 5) is 11.8. The van der Waals surface area contributed by atoms with Crippen LogP contribution in [0.25, 0.3) is 0 Å². The summed E-state index contributed by atoms with van der Waals surface area (Å²) in [6.45, 7) is 5.63. The highest BCUT2D eigenvalue weighted by Crippen LogP contribution is 2.16. The van der Waals surface area contributed by atoms with Gasteiger partial charge < -0.3 is 9.84 Å². The van der Waals surface area contributed by atoms with Crippen molar-refractivity contribution in [1.29, 1.82) is 0 Å². The number of nitrogens with one attached hydrogen (secondary N) is 1. The van der Waals surface area contributed by atoms with Crippen molar-refractivity contribution in [3.63, 3.8) is 0 Å². The number of nitrogens with zero attached hydrogens (tertiary/aromatic N) is 1. The minimum absolute atomic E-state index is 0.102. The van der Waals surface area contributed by atoms with Crippen LogP contribution in [0.15, 0.2) is 47.6 Å². The molecule has 0 aliphatic heterocycles. The molecule has 2 aromatic carbocycles. The summed E-state index contributed by atoms with van der Waals surface area (Å²) >= 11 is 0. The number of hydrogen-bond acceptors (Lipinski definition) is 4. The molecule has 2 N–H and O–H groups in total. The van der Waals surface area contributed by atoms with Crippen LogP contribution in [0.2, 0.25) is 0 Å². The van der Waals surface area contributed by atoms with Crippen LogP contribution in [0.1, 0.15) is 23.6 Å². The van der Waals surface area contributed by atoms with Gasteiger partial charge in [0.2, 0.25) is 0 Å². The number of hydrogen-bond donors (Lipinski definition) is 2. The van der Waals surface area contributed by atoms with Gasteiger partial charge in [-0.1, -0.05) is 6.07 Å². The summed E-state index contributed by atoms with van der Waals surface area (Å²) in [5, 5.41) is 13.3. The lowest BCUT2D eigenvalue weighted by molar-refractivity contribution is -0.123. The molecule has 0 unspecified atom stereocenters. The minimum atomic E-state index is -0.331. The van der Waals surface area contributed by atoms with Gasteiger partial charge in [0, 0.05) is 0 Å². The van der Waals surface area contributed by atoms with Crippen molar-refractivity contribution in [2.75, 3.05) is 6.61 Å². The second-order valence-corrected chi connectivity index (χ2v) is 5.39. The number of phenolic OH excluding ortho intramolecular Hbond substituents is 1. The lowest BCUT2D eigenvalue weighted by Gasteiger charge is -2.08. The zero-order chi connectivity index (χ0) is 16.8. The standard InChI is InChI=1S/C18H20N2O3/c1-12-8-13(2)10-17(9-12)23-11-18(22)20-19-14(3)15-4-6-16(21)7-5-15/h4-10,21H,11H2,1-3H3,(H,20,22)/b19-14-. The molecule has 0 fully saturated rings. The average molecular weight is 312 g/mol. The lowest BCUT2D eigenvalue weighted by Crippen LogP contribution is -2.25. The van der Waals surface area contributed by atoms with E-state index in [2.05, 4.69) is 10.5 Å². The maximum atomic E-state index is 11.8.